The van der Waals surface area contributed by atoms with Crippen LogP contribution in [0, 0.1) is 0 Å². The van der Waals surface area contributed by atoms with E-state index in [0.717, 1.165) is 36.1 Å². The van der Waals surface area contributed by atoms with E-state index in [0.29, 0.717) is 27.8 Å². The summed E-state index contributed by atoms with van der Waals surface area (Å²) >= 11 is 2.80. The summed E-state index contributed by atoms with van der Waals surface area (Å²) in [6.07, 6.45) is 7.08. The first kappa shape index (κ1) is 24.6. The molecule has 0 saturated carbocycles. The summed E-state index contributed by atoms with van der Waals surface area (Å²) in [6.45, 7) is -2.95. The number of thioether (sulfide) groups is 1. The van der Waals surface area contributed by atoms with E-state index in [4.69, 9.17) is 9.40 Å². The Hall–Kier alpha value is -3.77. The number of hydrogen-bond donors (Lipinski definition) is 1. The lowest BCUT2D eigenvalue weighted by atomic mass is 9.97. The first-order valence-corrected chi connectivity index (χ1v) is 13.7. The van der Waals surface area contributed by atoms with Gasteiger partial charge in [-0.15, -0.1) is 11.3 Å². The largest absolute Gasteiger partial charge is 0.465 e. The Morgan fingerprint density at radius 1 is 1.18 bits per heavy atom. The molecule has 8 nitrogen and oxygen atoms in total. The van der Waals surface area contributed by atoms with Crippen LogP contribution in [0.3, 0.4) is 0 Å². The van der Waals surface area contributed by atoms with Crippen LogP contribution in [-0.2, 0) is 23.4 Å². The van der Waals surface area contributed by atoms with Gasteiger partial charge < -0.3 is 14.1 Å². The molecule has 0 atom stereocenters. The Morgan fingerprint density at radius 2 is 2.00 bits per heavy atom. The molecule has 1 aliphatic carbocycles. The molecule has 194 valence electrons. The number of anilines is 1. The van der Waals surface area contributed by atoms with Gasteiger partial charge in [0, 0.05) is 11.0 Å². The third-order valence-corrected chi connectivity index (χ3v) is 8.32. The number of amidine groups is 1. The zero-order valence-corrected chi connectivity index (χ0v) is 21.4. The Balaban J connectivity index is 1.30. The van der Waals surface area contributed by atoms with Gasteiger partial charge in [-0.2, -0.15) is 8.78 Å². The number of aromatic nitrogens is 2. The number of nitrogens with zero attached hydrogens (tertiary/aromatic N) is 3. The molecule has 0 unspecified atom stereocenters. The monoisotopic (exact) mass is 554 g/mol. The minimum atomic E-state index is -2.95. The Kier molecular flexibility index (Phi) is 6.58. The molecule has 0 spiro atoms. The smallest absolute Gasteiger partial charge is 0.387 e. The Labute approximate surface area is 223 Å². The van der Waals surface area contributed by atoms with E-state index in [9.17, 15) is 18.4 Å². The first-order chi connectivity index (χ1) is 18.5. The quantitative estimate of drug-likeness (QED) is 0.305. The molecule has 0 fully saturated rings. The highest BCUT2D eigenvalue weighted by Crippen LogP contribution is 2.35. The van der Waals surface area contributed by atoms with Crippen LogP contribution >= 0.6 is 23.1 Å². The van der Waals surface area contributed by atoms with Crippen LogP contribution in [0.25, 0.3) is 16.3 Å². The summed E-state index contributed by atoms with van der Waals surface area (Å²) in [5.41, 5.74) is 1.54. The van der Waals surface area contributed by atoms with E-state index < -0.39 is 12.5 Å². The molecule has 12 heteroatoms. The second-order valence-electron chi connectivity index (χ2n) is 8.64. The number of alkyl halides is 2. The number of furan rings is 1. The maximum atomic E-state index is 13.3. The summed E-state index contributed by atoms with van der Waals surface area (Å²) in [7, 11) is 0. The molecule has 6 rings (SSSR count). The molecule has 1 amide bonds. The fourth-order valence-corrected chi connectivity index (χ4v) is 6.68. The normalized spacial score (nSPS) is 16.5. The molecule has 4 aromatic rings. The Bertz CT molecular complexity index is 1630. The highest BCUT2D eigenvalue weighted by molar-refractivity contribution is 8.13. The van der Waals surface area contributed by atoms with Gasteiger partial charge in [0.1, 0.15) is 27.9 Å². The van der Waals surface area contributed by atoms with E-state index in [-0.39, 0.29) is 22.8 Å². The van der Waals surface area contributed by atoms with Gasteiger partial charge in [0.15, 0.2) is 5.17 Å². The number of carbonyl (C=O) groups excluding carboxylic acids is 1. The number of amides is 1. The van der Waals surface area contributed by atoms with Crippen molar-refractivity contribution in [3.8, 4) is 5.75 Å². The summed E-state index contributed by atoms with van der Waals surface area (Å²) in [5, 5.41) is 1.03. The van der Waals surface area contributed by atoms with Crippen molar-refractivity contribution in [1.29, 1.82) is 0 Å². The number of fused-ring (bicyclic) bond motifs is 3. The molecule has 2 aliphatic rings. The fourth-order valence-electron chi connectivity index (χ4n) is 4.52. The number of ether oxygens (including phenoxy) is 1. The third kappa shape index (κ3) is 4.76. The molecule has 1 aromatic carbocycles. The summed E-state index contributed by atoms with van der Waals surface area (Å²) < 4.78 is 34.9. The van der Waals surface area contributed by atoms with Crippen LogP contribution in [-0.4, -0.2) is 27.7 Å². The van der Waals surface area contributed by atoms with E-state index in [1.54, 1.807) is 23.5 Å². The lowest BCUT2D eigenvalue weighted by molar-refractivity contribution is -0.113. The molecule has 3 aromatic heterocycles. The predicted molar refractivity (Wildman–Crippen MR) is 143 cm³/mol. The number of aryl methyl sites for hydroxylation is 2. The summed E-state index contributed by atoms with van der Waals surface area (Å²) in [6, 6.07) is 9.12. The second kappa shape index (κ2) is 10.2. The number of rotatable bonds is 6. The van der Waals surface area contributed by atoms with Crippen molar-refractivity contribution in [2.24, 2.45) is 4.99 Å². The van der Waals surface area contributed by atoms with Gasteiger partial charge in [0.25, 0.3) is 11.5 Å². The highest BCUT2D eigenvalue weighted by atomic mass is 32.2. The predicted octanol–water partition coefficient (Wildman–Crippen LogP) is 5.73. The van der Waals surface area contributed by atoms with E-state index in [1.165, 1.54) is 58.1 Å². The molecule has 4 heterocycles. The Morgan fingerprint density at radius 3 is 2.76 bits per heavy atom. The van der Waals surface area contributed by atoms with Gasteiger partial charge in [-0.25, -0.2) is 9.98 Å². The average molecular weight is 555 g/mol. The van der Waals surface area contributed by atoms with Crippen LogP contribution < -0.4 is 15.2 Å². The SMILES string of the molecule is O=C1/C(=C\c2ccco2)N=C(SCc2nc3sc4c(c3c(=O)[nH]2)CCCC4)N1c1ccc(OC(F)F)cc1. The molecule has 0 saturated heterocycles. The van der Waals surface area contributed by atoms with E-state index in [2.05, 4.69) is 14.7 Å². The molecule has 0 bridgehead atoms. The average Bonchev–Trinajstić information content (AvgIpc) is 3.61. The number of halogens is 2. The molecular formula is C26H20F2N4O4S2. The zero-order chi connectivity index (χ0) is 26.2. The molecule has 38 heavy (non-hydrogen) atoms. The van der Waals surface area contributed by atoms with Crippen molar-refractivity contribution >= 4 is 56.2 Å². The van der Waals surface area contributed by atoms with Crippen LogP contribution in [0.1, 0.15) is 34.9 Å². The van der Waals surface area contributed by atoms with Gasteiger partial charge in [-0.05, 0) is 67.6 Å². The molecular weight excluding hydrogens is 534 g/mol. The molecule has 0 radical (unpaired) electrons. The minimum absolute atomic E-state index is 0.0263. The van der Waals surface area contributed by atoms with E-state index in [1.807, 2.05) is 0 Å². The van der Waals surface area contributed by atoms with Crippen LogP contribution in [0.5, 0.6) is 5.75 Å². The summed E-state index contributed by atoms with van der Waals surface area (Å²) in [5.74, 6) is 0.764. The first-order valence-electron chi connectivity index (χ1n) is 11.9. The van der Waals surface area contributed by atoms with Crippen molar-refractivity contribution in [2.75, 3.05) is 4.90 Å². The van der Waals surface area contributed by atoms with Gasteiger partial charge in [-0.1, -0.05) is 11.8 Å². The topological polar surface area (TPSA) is 101 Å². The highest BCUT2D eigenvalue weighted by Gasteiger charge is 2.32. The number of aliphatic imine (C=N–C) groups is 1. The van der Waals surface area contributed by atoms with Gasteiger partial charge in [-0.3, -0.25) is 14.5 Å². The van der Waals surface area contributed by atoms with Gasteiger partial charge in [0.2, 0.25) is 0 Å². The number of hydrogen-bond acceptors (Lipinski definition) is 8. The number of thiophene rings is 1. The van der Waals surface area contributed by atoms with Crippen molar-refractivity contribution in [3.05, 3.63) is 80.7 Å². The number of H-pyrrole nitrogens is 1. The van der Waals surface area contributed by atoms with Crippen LogP contribution in [0.15, 0.2) is 62.6 Å². The van der Waals surface area contributed by atoms with Gasteiger partial charge >= 0.3 is 6.61 Å². The lowest BCUT2D eigenvalue weighted by Crippen LogP contribution is -2.30. The maximum Gasteiger partial charge on any atom is 0.387 e. The zero-order valence-electron chi connectivity index (χ0n) is 19.8. The van der Waals surface area contributed by atoms with Crippen molar-refractivity contribution in [1.82, 2.24) is 9.97 Å². The minimum Gasteiger partial charge on any atom is -0.465 e. The number of carbonyl (C=O) groups is 1. The second-order valence-corrected chi connectivity index (χ2v) is 10.7. The van der Waals surface area contributed by atoms with E-state index >= 15 is 0 Å². The van der Waals surface area contributed by atoms with Crippen molar-refractivity contribution in [2.45, 2.75) is 38.0 Å². The number of benzene rings is 1. The lowest BCUT2D eigenvalue weighted by Gasteiger charge is -2.18. The van der Waals surface area contributed by atoms with Crippen LogP contribution in [0.4, 0.5) is 14.5 Å². The molecule has 1 aliphatic heterocycles. The third-order valence-electron chi connectivity index (χ3n) is 6.18. The molecule has 1 N–H and O–H groups in total. The van der Waals surface area contributed by atoms with Crippen molar-refractivity contribution < 1.29 is 22.7 Å². The van der Waals surface area contributed by atoms with Crippen LogP contribution in [0.2, 0.25) is 0 Å². The maximum absolute atomic E-state index is 13.3. The fraction of sp³-hybridized carbons (Fsp3) is 0.231. The number of aromatic amines is 1. The summed E-state index contributed by atoms with van der Waals surface area (Å²) in [4.78, 5) is 41.7. The number of nitrogens with one attached hydrogen (secondary N) is 1. The van der Waals surface area contributed by atoms with Crippen molar-refractivity contribution in [3.63, 3.8) is 0 Å². The van der Waals surface area contributed by atoms with Gasteiger partial charge in [0.05, 0.1) is 23.1 Å². The standard InChI is InChI=1S/C26H20F2N4O4S2/c27-25(28)36-15-9-7-14(8-10-15)32-24(34)18(12-16-4-3-11-35-16)29-26(32)37-13-20-30-22(33)21-17-5-1-2-6-19(17)38-23(21)31-20/h3-4,7-12,25H,1-2,5-6,13H2,(H,30,31,33)/b18-12+.